The second kappa shape index (κ2) is 5.55. The summed E-state index contributed by atoms with van der Waals surface area (Å²) in [5, 5.41) is 1.29. The van der Waals surface area contributed by atoms with Crippen molar-refractivity contribution < 1.29 is 0 Å². The second-order valence-electron chi connectivity index (χ2n) is 4.60. The van der Waals surface area contributed by atoms with E-state index in [2.05, 4.69) is 11.8 Å². The molecule has 0 aliphatic carbocycles. The number of halogens is 2. The molecule has 2 rings (SSSR count). The van der Waals surface area contributed by atoms with Crippen molar-refractivity contribution in [1.82, 2.24) is 4.90 Å². The van der Waals surface area contributed by atoms with Gasteiger partial charge in [-0.2, -0.15) is 0 Å². The molecule has 1 nitrogen and oxygen atoms in total. The van der Waals surface area contributed by atoms with Gasteiger partial charge < -0.3 is 4.90 Å². The van der Waals surface area contributed by atoms with E-state index in [0.29, 0.717) is 10.0 Å². The SMILES string of the molecule is CC1CCN(C(=S)c2ccc(Cl)cc2Cl)CC1. The third-order valence-corrected chi connectivity index (χ3v) is 4.26. The fourth-order valence-corrected chi connectivity index (χ4v) is 2.96. The summed E-state index contributed by atoms with van der Waals surface area (Å²) in [5.41, 5.74) is 0.917. The van der Waals surface area contributed by atoms with Crippen LogP contribution in [0, 0.1) is 5.92 Å². The summed E-state index contributed by atoms with van der Waals surface area (Å²) in [5.74, 6) is 0.801. The van der Waals surface area contributed by atoms with E-state index in [1.165, 1.54) is 12.8 Å². The van der Waals surface area contributed by atoms with Gasteiger partial charge in [0.1, 0.15) is 4.99 Å². The Labute approximate surface area is 118 Å². The number of hydrogen-bond acceptors (Lipinski definition) is 1. The van der Waals surface area contributed by atoms with Gasteiger partial charge in [-0.05, 0) is 37.0 Å². The van der Waals surface area contributed by atoms with Crippen molar-refractivity contribution in [2.75, 3.05) is 13.1 Å². The van der Waals surface area contributed by atoms with Crippen LogP contribution in [0.5, 0.6) is 0 Å². The quantitative estimate of drug-likeness (QED) is 0.705. The third-order valence-electron chi connectivity index (χ3n) is 3.23. The van der Waals surface area contributed by atoms with Gasteiger partial charge in [0.15, 0.2) is 0 Å². The topological polar surface area (TPSA) is 3.24 Å². The smallest absolute Gasteiger partial charge is 0.110 e. The van der Waals surface area contributed by atoms with Crippen LogP contribution in [0.15, 0.2) is 18.2 Å². The molecule has 0 unspecified atom stereocenters. The summed E-state index contributed by atoms with van der Waals surface area (Å²) in [6.07, 6.45) is 2.40. The number of nitrogens with zero attached hydrogens (tertiary/aromatic N) is 1. The number of thiocarbonyl (C=S) groups is 1. The summed E-state index contributed by atoms with van der Waals surface area (Å²) >= 11 is 17.6. The summed E-state index contributed by atoms with van der Waals surface area (Å²) in [4.78, 5) is 3.09. The Morgan fingerprint density at radius 2 is 1.94 bits per heavy atom. The van der Waals surface area contributed by atoms with Crippen LogP contribution in [0.4, 0.5) is 0 Å². The van der Waals surface area contributed by atoms with E-state index in [0.717, 1.165) is 29.6 Å². The van der Waals surface area contributed by atoms with Crippen molar-refractivity contribution in [2.24, 2.45) is 5.92 Å². The molecule has 1 aliphatic rings. The first-order valence-electron chi connectivity index (χ1n) is 5.82. The molecule has 92 valence electrons. The van der Waals surface area contributed by atoms with Gasteiger partial charge in [0, 0.05) is 23.7 Å². The maximum atomic E-state index is 6.17. The highest BCUT2D eigenvalue weighted by Gasteiger charge is 2.20. The molecule has 0 bridgehead atoms. The van der Waals surface area contributed by atoms with Gasteiger partial charge in [0.25, 0.3) is 0 Å². The Hall–Kier alpha value is -0.310. The van der Waals surface area contributed by atoms with Crippen LogP contribution < -0.4 is 0 Å². The zero-order valence-electron chi connectivity index (χ0n) is 9.75. The van der Waals surface area contributed by atoms with E-state index in [-0.39, 0.29) is 0 Å². The zero-order chi connectivity index (χ0) is 12.4. The lowest BCUT2D eigenvalue weighted by Gasteiger charge is -2.32. The van der Waals surface area contributed by atoms with Crippen LogP contribution in [0.3, 0.4) is 0 Å². The maximum Gasteiger partial charge on any atom is 0.110 e. The average molecular weight is 288 g/mol. The monoisotopic (exact) mass is 287 g/mol. The molecule has 0 spiro atoms. The summed E-state index contributed by atoms with van der Waals surface area (Å²) < 4.78 is 0. The average Bonchev–Trinajstić information content (AvgIpc) is 2.29. The summed E-state index contributed by atoms with van der Waals surface area (Å²) in [6, 6.07) is 5.49. The van der Waals surface area contributed by atoms with Crippen molar-refractivity contribution in [3.63, 3.8) is 0 Å². The third kappa shape index (κ3) is 3.12. The lowest BCUT2D eigenvalue weighted by molar-refractivity contribution is 0.284. The normalized spacial score (nSPS) is 17.2. The van der Waals surface area contributed by atoms with Gasteiger partial charge in [-0.25, -0.2) is 0 Å². The number of piperidine rings is 1. The van der Waals surface area contributed by atoms with Crippen molar-refractivity contribution in [3.8, 4) is 0 Å². The molecular formula is C13H15Cl2NS. The van der Waals surface area contributed by atoms with E-state index < -0.39 is 0 Å². The molecule has 0 radical (unpaired) electrons. The number of likely N-dealkylation sites (tertiary alicyclic amines) is 1. The van der Waals surface area contributed by atoms with E-state index in [1.807, 2.05) is 12.1 Å². The minimum Gasteiger partial charge on any atom is -0.362 e. The molecule has 1 saturated heterocycles. The van der Waals surface area contributed by atoms with Gasteiger partial charge in [0.2, 0.25) is 0 Å². The number of rotatable bonds is 1. The molecule has 1 heterocycles. The first-order valence-corrected chi connectivity index (χ1v) is 6.98. The van der Waals surface area contributed by atoms with E-state index >= 15 is 0 Å². The Bertz CT molecular complexity index is 425. The van der Waals surface area contributed by atoms with Crippen molar-refractivity contribution in [1.29, 1.82) is 0 Å². The predicted octanol–water partition coefficient (Wildman–Crippen LogP) is 4.40. The summed E-state index contributed by atoms with van der Waals surface area (Å²) in [7, 11) is 0. The highest BCUT2D eigenvalue weighted by molar-refractivity contribution is 7.80. The van der Waals surface area contributed by atoms with Crippen molar-refractivity contribution >= 4 is 40.4 Å². The fraction of sp³-hybridized carbons (Fsp3) is 0.462. The zero-order valence-corrected chi connectivity index (χ0v) is 12.1. The molecule has 0 amide bonds. The van der Waals surface area contributed by atoms with Crippen LogP contribution in [0.2, 0.25) is 10.0 Å². The van der Waals surface area contributed by atoms with Crippen LogP contribution >= 0.6 is 35.4 Å². The molecule has 0 atom stereocenters. The van der Waals surface area contributed by atoms with Crippen molar-refractivity contribution in [3.05, 3.63) is 33.8 Å². The van der Waals surface area contributed by atoms with Crippen LogP contribution in [0.25, 0.3) is 0 Å². The molecule has 4 heteroatoms. The minimum atomic E-state index is 0.640. The second-order valence-corrected chi connectivity index (χ2v) is 5.83. The standard InChI is InChI=1S/C13H15Cl2NS/c1-9-4-6-16(7-5-9)13(17)11-3-2-10(14)8-12(11)15/h2-3,8-9H,4-7H2,1H3. The molecule has 1 aromatic carbocycles. The first kappa shape index (κ1) is 13.1. The lowest BCUT2D eigenvalue weighted by Crippen LogP contribution is -2.37. The first-order chi connectivity index (χ1) is 8.08. The van der Waals surface area contributed by atoms with Gasteiger partial charge in [-0.15, -0.1) is 0 Å². The van der Waals surface area contributed by atoms with E-state index in [1.54, 1.807) is 6.07 Å². The predicted molar refractivity (Wildman–Crippen MR) is 78.1 cm³/mol. The molecule has 0 aromatic heterocycles. The summed E-state index contributed by atoms with van der Waals surface area (Å²) in [6.45, 7) is 4.34. The maximum absolute atomic E-state index is 6.17. The van der Waals surface area contributed by atoms with Gasteiger partial charge in [-0.3, -0.25) is 0 Å². The minimum absolute atomic E-state index is 0.640. The van der Waals surface area contributed by atoms with Crippen LogP contribution in [-0.2, 0) is 0 Å². The number of benzene rings is 1. The molecule has 0 saturated carbocycles. The largest absolute Gasteiger partial charge is 0.362 e. The molecule has 0 N–H and O–H groups in total. The Balaban J connectivity index is 2.14. The van der Waals surface area contributed by atoms with Gasteiger partial charge >= 0.3 is 0 Å². The Kier molecular flexibility index (Phi) is 4.29. The van der Waals surface area contributed by atoms with E-state index in [4.69, 9.17) is 35.4 Å². The Morgan fingerprint density at radius 1 is 1.29 bits per heavy atom. The van der Waals surface area contributed by atoms with Gasteiger partial charge in [0.05, 0.1) is 5.02 Å². The fourth-order valence-electron chi connectivity index (χ4n) is 2.04. The van der Waals surface area contributed by atoms with Crippen LogP contribution in [0.1, 0.15) is 25.3 Å². The molecule has 17 heavy (non-hydrogen) atoms. The highest BCUT2D eigenvalue weighted by atomic mass is 35.5. The Morgan fingerprint density at radius 3 is 2.53 bits per heavy atom. The molecule has 1 aliphatic heterocycles. The van der Waals surface area contributed by atoms with Gasteiger partial charge in [-0.1, -0.05) is 42.3 Å². The lowest BCUT2D eigenvalue weighted by atomic mass is 9.99. The highest BCUT2D eigenvalue weighted by Crippen LogP contribution is 2.25. The molecule has 1 fully saturated rings. The molecule has 1 aromatic rings. The van der Waals surface area contributed by atoms with Crippen LogP contribution in [-0.4, -0.2) is 23.0 Å². The van der Waals surface area contributed by atoms with Crippen molar-refractivity contribution in [2.45, 2.75) is 19.8 Å². The number of hydrogen-bond donors (Lipinski definition) is 0. The van der Waals surface area contributed by atoms with E-state index in [9.17, 15) is 0 Å². The molecular weight excluding hydrogens is 273 g/mol.